The molecule has 1 aromatic rings. The summed E-state index contributed by atoms with van der Waals surface area (Å²) in [5, 5.41) is 0. The highest BCUT2D eigenvalue weighted by Crippen LogP contribution is 2.37. The molecule has 0 amide bonds. The van der Waals surface area contributed by atoms with E-state index < -0.39 is 0 Å². The van der Waals surface area contributed by atoms with Crippen molar-refractivity contribution in [3.8, 4) is 0 Å². The van der Waals surface area contributed by atoms with Crippen LogP contribution >= 0.6 is 0 Å². The molecule has 2 atom stereocenters. The van der Waals surface area contributed by atoms with Crippen molar-refractivity contribution in [3.05, 3.63) is 35.4 Å². The van der Waals surface area contributed by atoms with E-state index in [4.69, 9.17) is 10.5 Å². The lowest BCUT2D eigenvalue weighted by atomic mass is 9.74. The fraction of sp³-hybridized carbons (Fsp3) is 0.600. The molecular weight excluding hydrogens is 210 g/mol. The summed E-state index contributed by atoms with van der Waals surface area (Å²) >= 11 is 0. The minimum atomic E-state index is 0.283. The van der Waals surface area contributed by atoms with Crippen LogP contribution in [0.4, 0.5) is 0 Å². The minimum absolute atomic E-state index is 0.283. The molecular formula is C15H23NO. The summed E-state index contributed by atoms with van der Waals surface area (Å²) in [6, 6.07) is 8.99. The number of rotatable bonds is 7. The van der Waals surface area contributed by atoms with Crippen LogP contribution in [0.2, 0.25) is 0 Å². The molecule has 0 aliphatic heterocycles. The number of hydrogen-bond acceptors (Lipinski definition) is 2. The topological polar surface area (TPSA) is 35.2 Å². The van der Waals surface area contributed by atoms with Crippen LogP contribution in [0, 0.1) is 0 Å². The van der Waals surface area contributed by atoms with Gasteiger partial charge in [-0.3, -0.25) is 0 Å². The maximum absolute atomic E-state index is 6.14. The predicted molar refractivity (Wildman–Crippen MR) is 71.2 cm³/mol. The zero-order valence-corrected chi connectivity index (χ0v) is 10.7. The summed E-state index contributed by atoms with van der Waals surface area (Å²) in [4.78, 5) is 0. The van der Waals surface area contributed by atoms with Crippen molar-refractivity contribution in [2.45, 2.75) is 44.6 Å². The van der Waals surface area contributed by atoms with Gasteiger partial charge in [-0.1, -0.05) is 31.2 Å². The average Bonchev–Trinajstić information content (AvgIpc) is 2.32. The number of ether oxygens (including phenoxy) is 1. The molecule has 0 heterocycles. The van der Waals surface area contributed by atoms with Crippen LogP contribution in [0.25, 0.3) is 0 Å². The fourth-order valence-corrected chi connectivity index (χ4v) is 2.54. The van der Waals surface area contributed by atoms with E-state index in [0.29, 0.717) is 5.92 Å². The lowest BCUT2D eigenvalue weighted by Gasteiger charge is -2.32. The zero-order chi connectivity index (χ0) is 12.1. The largest absolute Gasteiger partial charge is 0.381 e. The molecule has 17 heavy (non-hydrogen) atoms. The Kier molecular flexibility index (Phi) is 4.57. The second-order valence-electron chi connectivity index (χ2n) is 5.00. The molecule has 0 aromatic heterocycles. The number of hydrogen-bond donors (Lipinski definition) is 1. The van der Waals surface area contributed by atoms with Gasteiger partial charge in [0.15, 0.2) is 0 Å². The summed E-state index contributed by atoms with van der Waals surface area (Å²) in [7, 11) is 0. The Morgan fingerprint density at radius 3 is 2.94 bits per heavy atom. The van der Waals surface area contributed by atoms with E-state index in [2.05, 4.69) is 31.2 Å². The Morgan fingerprint density at radius 2 is 2.18 bits per heavy atom. The number of nitrogens with two attached hydrogens (primary N) is 1. The van der Waals surface area contributed by atoms with Gasteiger partial charge in [0.25, 0.3) is 0 Å². The Morgan fingerprint density at radius 1 is 1.35 bits per heavy atom. The molecule has 0 radical (unpaired) electrons. The molecule has 2 rings (SSSR count). The van der Waals surface area contributed by atoms with Crippen molar-refractivity contribution in [1.82, 2.24) is 0 Å². The smallest absolute Gasteiger partial charge is 0.0480 e. The van der Waals surface area contributed by atoms with Crippen LogP contribution in [-0.4, -0.2) is 19.3 Å². The van der Waals surface area contributed by atoms with Crippen molar-refractivity contribution < 1.29 is 4.74 Å². The van der Waals surface area contributed by atoms with Gasteiger partial charge in [0.05, 0.1) is 0 Å². The highest BCUT2D eigenvalue weighted by atomic mass is 16.5. The van der Waals surface area contributed by atoms with Crippen LogP contribution in [0.5, 0.6) is 0 Å². The van der Waals surface area contributed by atoms with E-state index in [0.717, 1.165) is 32.5 Å². The second kappa shape index (κ2) is 6.18. The summed E-state index contributed by atoms with van der Waals surface area (Å²) < 4.78 is 5.48. The molecule has 0 spiro atoms. The quantitative estimate of drug-likeness (QED) is 0.735. The summed E-state index contributed by atoms with van der Waals surface area (Å²) in [5.41, 5.74) is 9.16. The first-order chi connectivity index (χ1) is 8.31. The van der Waals surface area contributed by atoms with Gasteiger partial charge in [-0.05, 0) is 42.7 Å². The SMILES string of the molecule is CCCOCCC(N)CC1Cc2ccccc21. The monoisotopic (exact) mass is 233 g/mol. The molecule has 2 N–H and O–H groups in total. The van der Waals surface area contributed by atoms with E-state index in [9.17, 15) is 0 Å². The Labute approximate surface area is 104 Å². The summed E-state index contributed by atoms with van der Waals surface area (Å²) in [5.74, 6) is 0.687. The van der Waals surface area contributed by atoms with Gasteiger partial charge in [-0.2, -0.15) is 0 Å². The van der Waals surface area contributed by atoms with Crippen molar-refractivity contribution in [3.63, 3.8) is 0 Å². The van der Waals surface area contributed by atoms with Gasteiger partial charge in [0.1, 0.15) is 0 Å². The molecule has 2 unspecified atom stereocenters. The molecule has 2 nitrogen and oxygen atoms in total. The third-order valence-corrected chi connectivity index (χ3v) is 3.53. The lowest BCUT2D eigenvalue weighted by Crippen LogP contribution is -2.29. The van der Waals surface area contributed by atoms with Crippen molar-refractivity contribution in [2.75, 3.05) is 13.2 Å². The molecule has 94 valence electrons. The minimum Gasteiger partial charge on any atom is -0.381 e. The normalized spacial score (nSPS) is 19.5. The molecule has 1 aliphatic carbocycles. The number of fused-ring (bicyclic) bond motifs is 1. The summed E-state index contributed by atoms with van der Waals surface area (Å²) in [6.07, 6.45) is 4.39. The fourth-order valence-electron chi connectivity index (χ4n) is 2.54. The maximum Gasteiger partial charge on any atom is 0.0480 e. The van der Waals surface area contributed by atoms with Gasteiger partial charge >= 0.3 is 0 Å². The van der Waals surface area contributed by atoms with Crippen LogP contribution in [0.15, 0.2) is 24.3 Å². The van der Waals surface area contributed by atoms with Crippen LogP contribution in [-0.2, 0) is 11.2 Å². The first-order valence-corrected chi connectivity index (χ1v) is 6.72. The highest BCUT2D eigenvalue weighted by Gasteiger charge is 2.26. The van der Waals surface area contributed by atoms with Crippen LogP contribution in [0.1, 0.15) is 43.2 Å². The standard InChI is InChI=1S/C15H23NO/c1-2-8-17-9-7-14(16)11-13-10-12-5-3-4-6-15(12)13/h3-6,13-14H,2,7-11,16H2,1H3. The molecule has 2 heteroatoms. The first kappa shape index (κ1) is 12.6. The predicted octanol–water partition coefficient (Wildman–Crippen LogP) is 2.86. The molecule has 0 saturated heterocycles. The first-order valence-electron chi connectivity index (χ1n) is 6.72. The molecule has 1 aliphatic rings. The summed E-state index contributed by atoms with van der Waals surface area (Å²) in [6.45, 7) is 3.80. The van der Waals surface area contributed by atoms with E-state index >= 15 is 0 Å². The maximum atomic E-state index is 6.14. The van der Waals surface area contributed by atoms with E-state index in [1.807, 2.05) is 0 Å². The molecule has 1 aromatic carbocycles. The average molecular weight is 233 g/mol. The van der Waals surface area contributed by atoms with Gasteiger partial charge < -0.3 is 10.5 Å². The third-order valence-electron chi connectivity index (χ3n) is 3.53. The van der Waals surface area contributed by atoms with E-state index in [1.165, 1.54) is 17.5 Å². The zero-order valence-electron chi connectivity index (χ0n) is 10.7. The van der Waals surface area contributed by atoms with Gasteiger partial charge in [0.2, 0.25) is 0 Å². The highest BCUT2D eigenvalue weighted by molar-refractivity contribution is 5.39. The van der Waals surface area contributed by atoms with E-state index in [1.54, 1.807) is 0 Å². The molecule has 0 saturated carbocycles. The van der Waals surface area contributed by atoms with Crippen LogP contribution in [0.3, 0.4) is 0 Å². The van der Waals surface area contributed by atoms with Crippen LogP contribution < -0.4 is 5.73 Å². The van der Waals surface area contributed by atoms with Gasteiger partial charge in [-0.25, -0.2) is 0 Å². The van der Waals surface area contributed by atoms with Gasteiger partial charge in [0, 0.05) is 19.3 Å². The lowest BCUT2D eigenvalue weighted by molar-refractivity contribution is 0.126. The van der Waals surface area contributed by atoms with Crippen molar-refractivity contribution in [1.29, 1.82) is 0 Å². The Hall–Kier alpha value is -0.860. The second-order valence-corrected chi connectivity index (χ2v) is 5.00. The Bertz CT molecular complexity index is 351. The van der Waals surface area contributed by atoms with Crippen molar-refractivity contribution in [2.24, 2.45) is 5.73 Å². The molecule has 0 fully saturated rings. The number of benzene rings is 1. The Balaban J connectivity index is 1.69. The van der Waals surface area contributed by atoms with E-state index in [-0.39, 0.29) is 6.04 Å². The molecule has 0 bridgehead atoms. The van der Waals surface area contributed by atoms with Crippen molar-refractivity contribution >= 4 is 0 Å². The third kappa shape index (κ3) is 3.30. The van der Waals surface area contributed by atoms with Gasteiger partial charge in [-0.15, -0.1) is 0 Å².